The van der Waals surface area contributed by atoms with Gasteiger partial charge in [0, 0.05) is 38.1 Å². The zero-order valence-electron chi connectivity index (χ0n) is 18.6. The minimum Gasteiger partial charge on any atom is -0.459 e. The average molecular weight is 440 g/mol. The number of hydrogen-bond donors (Lipinski definition) is 1. The molecule has 0 saturated heterocycles. The second-order valence-electron chi connectivity index (χ2n) is 8.06. The number of furan rings is 1. The summed E-state index contributed by atoms with van der Waals surface area (Å²) in [5.74, 6) is 0.297. The van der Waals surface area contributed by atoms with Gasteiger partial charge in [-0.1, -0.05) is 19.9 Å². The van der Waals surface area contributed by atoms with Gasteiger partial charge in [0.25, 0.3) is 11.8 Å². The molecular weight excluding hydrogens is 410 g/mol. The lowest BCUT2D eigenvalue weighted by Gasteiger charge is -2.32. The molecular formula is C24H29N3O3S. The normalized spacial score (nSPS) is 11.9. The van der Waals surface area contributed by atoms with Gasteiger partial charge >= 0.3 is 0 Å². The van der Waals surface area contributed by atoms with Gasteiger partial charge < -0.3 is 19.5 Å². The maximum absolute atomic E-state index is 13.2. The Morgan fingerprint density at radius 2 is 1.87 bits per heavy atom. The van der Waals surface area contributed by atoms with Gasteiger partial charge in [-0.3, -0.25) is 9.59 Å². The summed E-state index contributed by atoms with van der Waals surface area (Å²) >= 11 is 1.40. The van der Waals surface area contributed by atoms with Crippen LogP contribution in [0.25, 0.3) is 0 Å². The number of rotatable bonds is 8. The van der Waals surface area contributed by atoms with Crippen molar-refractivity contribution in [2.75, 3.05) is 24.3 Å². The molecule has 7 heteroatoms. The van der Waals surface area contributed by atoms with Crippen LogP contribution in [0.5, 0.6) is 0 Å². The van der Waals surface area contributed by atoms with E-state index in [4.69, 9.17) is 4.42 Å². The second kappa shape index (κ2) is 9.83. The number of anilines is 2. The molecule has 6 nitrogen and oxygen atoms in total. The Hall–Kier alpha value is -3.06. The molecule has 0 spiro atoms. The number of benzene rings is 1. The Balaban J connectivity index is 1.93. The van der Waals surface area contributed by atoms with E-state index < -0.39 is 0 Å². The highest BCUT2D eigenvalue weighted by molar-refractivity contribution is 7.12. The molecule has 1 aromatic carbocycles. The van der Waals surface area contributed by atoms with E-state index in [9.17, 15) is 9.59 Å². The molecule has 0 aliphatic heterocycles. The second-order valence-corrected chi connectivity index (χ2v) is 9.01. The molecule has 2 amide bonds. The van der Waals surface area contributed by atoms with E-state index in [1.165, 1.54) is 17.6 Å². The Morgan fingerprint density at radius 1 is 1.10 bits per heavy atom. The van der Waals surface area contributed by atoms with Crippen LogP contribution in [0.3, 0.4) is 0 Å². The number of nitrogens with zero attached hydrogens (tertiary/aromatic N) is 2. The van der Waals surface area contributed by atoms with Crippen molar-refractivity contribution in [2.24, 2.45) is 5.92 Å². The summed E-state index contributed by atoms with van der Waals surface area (Å²) in [5, 5.41) is 4.84. The molecule has 1 unspecified atom stereocenters. The van der Waals surface area contributed by atoms with Gasteiger partial charge in [-0.05, 0) is 60.2 Å². The van der Waals surface area contributed by atoms with Crippen molar-refractivity contribution in [2.45, 2.75) is 33.4 Å². The lowest BCUT2D eigenvalue weighted by atomic mass is 10.0. The lowest BCUT2D eigenvalue weighted by molar-refractivity contribution is 0.0595. The third-order valence-electron chi connectivity index (χ3n) is 5.35. The molecule has 1 N–H and O–H groups in total. The first-order valence-corrected chi connectivity index (χ1v) is 11.2. The number of hydrogen-bond acceptors (Lipinski definition) is 5. The van der Waals surface area contributed by atoms with Crippen LogP contribution in [0.15, 0.2) is 58.5 Å². The number of carbonyl (C=O) groups excluding carboxylic acids is 2. The molecule has 0 bridgehead atoms. The smallest absolute Gasteiger partial charge is 0.290 e. The van der Waals surface area contributed by atoms with E-state index in [-0.39, 0.29) is 23.8 Å². The monoisotopic (exact) mass is 439 g/mol. The van der Waals surface area contributed by atoms with Crippen molar-refractivity contribution >= 4 is 34.5 Å². The molecule has 0 aliphatic rings. The molecule has 0 saturated carbocycles. The molecule has 0 radical (unpaired) electrons. The van der Waals surface area contributed by atoms with Crippen LogP contribution in [-0.4, -0.2) is 36.9 Å². The molecule has 164 valence electrons. The quantitative estimate of drug-likeness (QED) is 0.514. The maximum atomic E-state index is 13.2. The van der Waals surface area contributed by atoms with E-state index >= 15 is 0 Å². The fourth-order valence-corrected chi connectivity index (χ4v) is 3.93. The van der Waals surface area contributed by atoms with Crippen LogP contribution < -0.4 is 10.2 Å². The highest BCUT2D eigenvalue weighted by Gasteiger charge is 2.27. The van der Waals surface area contributed by atoms with Crippen LogP contribution in [0.1, 0.15) is 46.6 Å². The van der Waals surface area contributed by atoms with Crippen molar-refractivity contribution in [3.05, 3.63) is 70.3 Å². The molecule has 3 aromatic rings. The number of nitrogens with one attached hydrogen (secondary N) is 1. The van der Waals surface area contributed by atoms with Gasteiger partial charge in [0.1, 0.15) is 0 Å². The highest BCUT2D eigenvalue weighted by atomic mass is 32.1. The third kappa shape index (κ3) is 5.35. The van der Waals surface area contributed by atoms with Crippen molar-refractivity contribution in [3.63, 3.8) is 0 Å². The molecule has 1 atom stereocenters. The first-order chi connectivity index (χ1) is 14.8. The first kappa shape index (κ1) is 22.6. The van der Waals surface area contributed by atoms with E-state index in [1.54, 1.807) is 18.2 Å². The van der Waals surface area contributed by atoms with Gasteiger partial charge in [0.15, 0.2) is 5.76 Å². The minimum atomic E-state index is -0.149. The van der Waals surface area contributed by atoms with Crippen LogP contribution >= 0.6 is 11.3 Å². The standard InChI is InChI=1S/C24H29N3O3S/c1-16(2)17(3)27(24(29)21-8-6-12-30-21)15-18-14-19(10-11-20(18)26(4)5)25-23(28)22-9-7-13-31-22/h6-14,16-17H,15H2,1-5H3,(H,25,28). The van der Waals surface area contributed by atoms with Crippen LogP contribution in [0.4, 0.5) is 11.4 Å². The highest BCUT2D eigenvalue weighted by Crippen LogP contribution is 2.27. The van der Waals surface area contributed by atoms with Crippen LogP contribution in [-0.2, 0) is 6.54 Å². The first-order valence-electron chi connectivity index (χ1n) is 10.3. The zero-order valence-corrected chi connectivity index (χ0v) is 19.4. The largest absolute Gasteiger partial charge is 0.459 e. The Bertz CT molecular complexity index is 1010. The summed E-state index contributed by atoms with van der Waals surface area (Å²) in [4.78, 5) is 30.2. The van der Waals surface area contributed by atoms with E-state index in [0.717, 1.165) is 11.3 Å². The molecule has 31 heavy (non-hydrogen) atoms. The molecule has 2 aromatic heterocycles. The summed E-state index contributed by atoms with van der Waals surface area (Å²) in [6.07, 6.45) is 1.51. The van der Waals surface area contributed by atoms with Crippen molar-refractivity contribution < 1.29 is 14.0 Å². The summed E-state index contributed by atoms with van der Waals surface area (Å²) < 4.78 is 5.38. The van der Waals surface area contributed by atoms with Crippen molar-refractivity contribution in [1.29, 1.82) is 0 Å². The SMILES string of the molecule is CC(C)C(C)N(Cc1cc(NC(=O)c2cccs2)ccc1N(C)C)C(=O)c1ccco1. The summed E-state index contributed by atoms with van der Waals surface area (Å²) in [5.41, 5.74) is 2.63. The Labute approximate surface area is 187 Å². The van der Waals surface area contributed by atoms with Crippen LogP contribution in [0, 0.1) is 5.92 Å². The summed E-state index contributed by atoms with van der Waals surface area (Å²) in [6, 6.07) is 12.8. The molecule has 0 fully saturated rings. The summed E-state index contributed by atoms with van der Waals surface area (Å²) in [6.45, 7) is 6.63. The van der Waals surface area contributed by atoms with Gasteiger partial charge in [-0.2, -0.15) is 0 Å². The van der Waals surface area contributed by atoms with Crippen LogP contribution in [0.2, 0.25) is 0 Å². The number of carbonyl (C=O) groups is 2. The van der Waals surface area contributed by atoms with Gasteiger partial charge in [-0.15, -0.1) is 11.3 Å². The molecule has 0 aliphatic carbocycles. The Kier molecular flexibility index (Phi) is 7.17. The predicted molar refractivity (Wildman–Crippen MR) is 126 cm³/mol. The predicted octanol–water partition coefficient (Wildman–Crippen LogP) is 5.35. The maximum Gasteiger partial charge on any atom is 0.290 e. The number of amides is 2. The van der Waals surface area contributed by atoms with Crippen molar-refractivity contribution in [3.8, 4) is 0 Å². The zero-order chi connectivity index (χ0) is 22.5. The average Bonchev–Trinajstić information content (AvgIpc) is 3.45. The Morgan fingerprint density at radius 3 is 2.45 bits per heavy atom. The fraction of sp³-hybridized carbons (Fsp3) is 0.333. The molecule has 2 heterocycles. The topological polar surface area (TPSA) is 65.8 Å². The van der Waals surface area contributed by atoms with Crippen molar-refractivity contribution in [1.82, 2.24) is 4.90 Å². The minimum absolute atomic E-state index is 0.00280. The third-order valence-corrected chi connectivity index (χ3v) is 6.22. The van der Waals surface area contributed by atoms with E-state index in [2.05, 4.69) is 19.2 Å². The molecule has 3 rings (SSSR count). The van der Waals surface area contributed by atoms with E-state index in [0.29, 0.717) is 22.9 Å². The lowest BCUT2D eigenvalue weighted by Crippen LogP contribution is -2.41. The van der Waals surface area contributed by atoms with Gasteiger partial charge in [-0.25, -0.2) is 0 Å². The number of thiophene rings is 1. The summed E-state index contributed by atoms with van der Waals surface area (Å²) in [7, 11) is 3.93. The van der Waals surface area contributed by atoms with Gasteiger partial charge in [0.2, 0.25) is 0 Å². The van der Waals surface area contributed by atoms with E-state index in [1.807, 2.05) is 60.5 Å². The van der Waals surface area contributed by atoms with Gasteiger partial charge in [0.05, 0.1) is 11.1 Å². The fourth-order valence-electron chi connectivity index (χ4n) is 3.31.